The van der Waals surface area contributed by atoms with Gasteiger partial charge in [-0.3, -0.25) is 10.2 Å². The lowest BCUT2D eigenvalue weighted by Crippen LogP contribution is -2.36. The van der Waals surface area contributed by atoms with Crippen LogP contribution in [0.4, 0.5) is 5.69 Å². The van der Waals surface area contributed by atoms with Crippen LogP contribution in [-0.4, -0.2) is 27.5 Å². The Morgan fingerprint density at radius 1 is 1.15 bits per heavy atom. The van der Waals surface area contributed by atoms with Crippen molar-refractivity contribution < 1.29 is 4.79 Å². The number of hydrogen-bond acceptors (Lipinski definition) is 5. The van der Waals surface area contributed by atoms with Crippen LogP contribution in [0.25, 0.3) is 0 Å². The topological polar surface area (TPSA) is 83.1 Å². The van der Waals surface area contributed by atoms with Gasteiger partial charge in [0.2, 0.25) is 0 Å². The number of amides is 1. The number of anilines is 1. The number of hydrogen-bond donors (Lipinski definition) is 2. The number of nitrogens with two attached hydrogens (primary N) is 1. The molecule has 10 heteroatoms. The van der Waals surface area contributed by atoms with E-state index in [0.29, 0.717) is 11.4 Å². The van der Waals surface area contributed by atoms with Gasteiger partial charge in [-0.2, -0.15) is 15.2 Å². The van der Waals surface area contributed by atoms with Gasteiger partial charge < -0.3 is 5.73 Å². The maximum absolute atomic E-state index is 12.6. The fourth-order valence-electron chi connectivity index (χ4n) is 2.20. The van der Waals surface area contributed by atoms with Crippen LogP contribution >= 0.6 is 60.0 Å². The first-order chi connectivity index (χ1) is 12.4. The smallest absolute Gasteiger partial charge is 0.303 e. The van der Waals surface area contributed by atoms with E-state index in [2.05, 4.69) is 63.4 Å². The number of thiocarbonyl (C=S) groups is 1. The van der Waals surface area contributed by atoms with Crippen LogP contribution in [0.2, 0.25) is 0 Å². The normalized spacial score (nSPS) is 15.3. The van der Waals surface area contributed by atoms with Crippen molar-refractivity contribution in [2.45, 2.75) is 0 Å². The number of nitrogens with one attached hydrogen (secondary N) is 1. The van der Waals surface area contributed by atoms with Crippen molar-refractivity contribution in [1.29, 1.82) is 0 Å². The van der Waals surface area contributed by atoms with Gasteiger partial charge in [-0.15, -0.1) is 0 Å². The minimum Gasteiger partial charge on any atom is -0.374 e. The fraction of sp³-hybridized carbons (Fsp3) is 0. The highest BCUT2D eigenvalue weighted by Crippen LogP contribution is 2.34. The average molecular weight is 560 g/mol. The Kier molecular flexibility index (Phi) is 5.86. The van der Waals surface area contributed by atoms with Gasteiger partial charge in [-0.25, -0.2) is 0 Å². The van der Waals surface area contributed by atoms with E-state index in [1.54, 1.807) is 0 Å². The van der Waals surface area contributed by atoms with Crippen molar-refractivity contribution in [3.63, 3.8) is 0 Å². The predicted molar refractivity (Wildman–Crippen MR) is 117 cm³/mol. The molecule has 1 heterocycles. The Morgan fingerprint density at radius 2 is 1.77 bits per heavy atom. The summed E-state index contributed by atoms with van der Waals surface area (Å²) in [6, 6.07) is 12.9. The van der Waals surface area contributed by atoms with Crippen molar-refractivity contribution >= 4 is 88.1 Å². The Balaban J connectivity index is 2.01. The minimum atomic E-state index is -0.492. The number of nitrogens with zero attached hydrogens (tertiary/aromatic N) is 3. The van der Waals surface area contributed by atoms with E-state index in [1.807, 2.05) is 42.5 Å². The largest absolute Gasteiger partial charge is 0.374 e. The van der Waals surface area contributed by atoms with Crippen molar-refractivity contribution in [3.05, 3.63) is 61.4 Å². The molecule has 0 saturated carbocycles. The summed E-state index contributed by atoms with van der Waals surface area (Å²) in [4.78, 5) is 12.6. The Bertz CT molecular complexity index is 939. The van der Waals surface area contributed by atoms with E-state index in [4.69, 9.17) is 18.0 Å². The van der Waals surface area contributed by atoms with E-state index in [1.165, 1.54) is 0 Å². The van der Waals surface area contributed by atoms with Gasteiger partial charge in [0.1, 0.15) is 5.71 Å². The highest BCUT2D eigenvalue weighted by atomic mass is 79.9. The summed E-state index contributed by atoms with van der Waals surface area (Å²) < 4.78 is 2.41. The summed E-state index contributed by atoms with van der Waals surface area (Å²) in [5.41, 5.74) is 10.4. The molecule has 3 rings (SSSR count). The first kappa shape index (κ1) is 19.2. The van der Waals surface area contributed by atoms with Gasteiger partial charge >= 0.3 is 5.91 Å². The Hall–Kier alpha value is -1.62. The summed E-state index contributed by atoms with van der Waals surface area (Å²) in [7, 11) is 0. The Labute approximate surface area is 179 Å². The molecule has 0 saturated heterocycles. The second kappa shape index (κ2) is 7.95. The zero-order chi connectivity index (χ0) is 18.8. The molecule has 3 N–H and O–H groups in total. The standard InChI is InChI=1S/C16H10Br3N5OS/c17-9-6-10(18)13(11(19)7-9)21-22-14-12(8-4-2-1-3-5-8)23-24(15(14)25)16(20)26/h1-7,21H,(H2,20,26)/b22-14+. The molecule has 1 aliphatic rings. The third-order valence-electron chi connectivity index (χ3n) is 3.36. The Morgan fingerprint density at radius 3 is 2.35 bits per heavy atom. The fourth-order valence-corrected chi connectivity index (χ4v) is 4.76. The lowest BCUT2D eigenvalue weighted by Gasteiger charge is -2.09. The van der Waals surface area contributed by atoms with Crippen molar-refractivity contribution in [2.75, 3.05) is 5.43 Å². The van der Waals surface area contributed by atoms with Crippen molar-refractivity contribution in [2.24, 2.45) is 15.9 Å². The van der Waals surface area contributed by atoms with Gasteiger partial charge in [0.15, 0.2) is 10.8 Å². The van der Waals surface area contributed by atoms with E-state index >= 15 is 0 Å². The number of halogens is 3. The molecule has 26 heavy (non-hydrogen) atoms. The third-order valence-corrected chi connectivity index (χ3v) is 5.24. The van der Waals surface area contributed by atoms with Gasteiger partial charge in [0, 0.05) is 19.0 Å². The highest BCUT2D eigenvalue weighted by Gasteiger charge is 2.34. The molecule has 6 nitrogen and oxygen atoms in total. The summed E-state index contributed by atoms with van der Waals surface area (Å²) in [5, 5.41) is 9.32. The molecule has 0 radical (unpaired) electrons. The number of carbonyl (C=O) groups excluding carboxylic acids is 1. The van der Waals surface area contributed by atoms with Gasteiger partial charge in [-0.1, -0.05) is 46.3 Å². The molecule has 2 aromatic rings. The van der Waals surface area contributed by atoms with Crippen molar-refractivity contribution in [1.82, 2.24) is 5.01 Å². The van der Waals surface area contributed by atoms with Gasteiger partial charge in [0.25, 0.3) is 0 Å². The molecule has 2 aromatic carbocycles. The number of carbonyl (C=O) groups is 1. The molecule has 1 aliphatic heterocycles. The van der Waals surface area contributed by atoms with E-state index < -0.39 is 5.91 Å². The monoisotopic (exact) mass is 557 g/mol. The van der Waals surface area contributed by atoms with Crippen LogP contribution in [0.1, 0.15) is 5.56 Å². The predicted octanol–water partition coefficient (Wildman–Crippen LogP) is 4.23. The number of hydrazone groups is 2. The molecule has 0 aromatic heterocycles. The zero-order valence-electron chi connectivity index (χ0n) is 12.9. The molecule has 0 bridgehead atoms. The van der Waals surface area contributed by atoms with Crippen LogP contribution in [0.5, 0.6) is 0 Å². The van der Waals surface area contributed by atoms with Crippen LogP contribution < -0.4 is 11.2 Å². The van der Waals surface area contributed by atoms with E-state index in [9.17, 15) is 4.79 Å². The maximum Gasteiger partial charge on any atom is 0.303 e. The molecule has 0 fully saturated rings. The lowest BCUT2D eigenvalue weighted by atomic mass is 10.1. The van der Waals surface area contributed by atoms with Crippen LogP contribution in [0.15, 0.2) is 66.1 Å². The van der Waals surface area contributed by atoms with Gasteiger partial charge in [0.05, 0.1) is 5.69 Å². The minimum absolute atomic E-state index is 0.116. The summed E-state index contributed by atoms with van der Waals surface area (Å²) in [5.74, 6) is -0.492. The molecule has 0 spiro atoms. The second-order valence-corrected chi connectivity index (χ2v) is 8.13. The molecule has 132 valence electrons. The summed E-state index contributed by atoms with van der Waals surface area (Å²) in [6.45, 7) is 0. The van der Waals surface area contributed by atoms with Crippen LogP contribution in [0, 0.1) is 0 Å². The molecular formula is C16H10Br3N5OS. The molecular weight excluding hydrogens is 550 g/mol. The SMILES string of the molecule is NC(=S)N1N=C(c2ccccc2)/C(=N\Nc2c(Br)cc(Br)cc2Br)C1=O. The maximum atomic E-state index is 12.6. The highest BCUT2D eigenvalue weighted by molar-refractivity contribution is 9.11. The van der Waals surface area contributed by atoms with Crippen molar-refractivity contribution in [3.8, 4) is 0 Å². The van der Waals surface area contributed by atoms with E-state index in [0.717, 1.165) is 24.0 Å². The average Bonchev–Trinajstić information content (AvgIpc) is 2.92. The first-order valence-corrected chi connectivity index (χ1v) is 9.93. The molecule has 0 atom stereocenters. The number of rotatable bonds is 3. The van der Waals surface area contributed by atoms with E-state index in [-0.39, 0.29) is 10.8 Å². The second-order valence-electron chi connectivity index (χ2n) is 5.09. The quantitative estimate of drug-likeness (QED) is 0.435. The third kappa shape index (κ3) is 3.88. The molecule has 0 unspecified atom stereocenters. The van der Waals surface area contributed by atoms with Crippen LogP contribution in [-0.2, 0) is 4.79 Å². The zero-order valence-corrected chi connectivity index (χ0v) is 18.5. The molecule has 1 amide bonds. The summed E-state index contributed by atoms with van der Waals surface area (Å²) in [6.07, 6.45) is 0. The van der Waals surface area contributed by atoms with Crippen LogP contribution in [0.3, 0.4) is 0 Å². The first-order valence-electron chi connectivity index (χ1n) is 7.15. The molecule has 0 aliphatic carbocycles. The summed E-state index contributed by atoms with van der Waals surface area (Å²) >= 11 is 15.2. The number of benzene rings is 2. The van der Waals surface area contributed by atoms with Gasteiger partial charge in [-0.05, 0) is 56.2 Å². The lowest BCUT2D eigenvalue weighted by molar-refractivity contribution is -0.119.